The Labute approximate surface area is 140 Å². The van der Waals surface area contributed by atoms with Gasteiger partial charge in [-0.25, -0.2) is 9.18 Å². The van der Waals surface area contributed by atoms with Gasteiger partial charge in [0.1, 0.15) is 5.82 Å². The molecule has 2 aromatic rings. The summed E-state index contributed by atoms with van der Waals surface area (Å²) in [6, 6.07) is 11.5. The number of rotatable bonds is 5. The maximum absolute atomic E-state index is 12.8. The van der Waals surface area contributed by atoms with Crippen molar-refractivity contribution in [3.63, 3.8) is 0 Å². The smallest absolute Gasteiger partial charge is 0.411 e. The van der Waals surface area contributed by atoms with Crippen LogP contribution in [0.3, 0.4) is 0 Å². The maximum atomic E-state index is 12.8. The average Bonchev–Trinajstić information content (AvgIpc) is 2.49. The molecule has 0 aliphatic heterocycles. The molecule has 7 heteroatoms. The maximum Gasteiger partial charge on any atom is 0.411 e. The standard InChI is InChI=1S/C16H18FN3O2.ClH/c1-2-22-16(21)20-15-8-7-13(9-14(15)18)19-10-11-3-5-12(17)6-4-11;/h3-9,19H,2,10,18H2,1H3,(H,20,21);1H. The molecule has 0 unspecified atom stereocenters. The minimum atomic E-state index is -0.541. The molecule has 23 heavy (non-hydrogen) atoms. The van der Waals surface area contributed by atoms with Gasteiger partial charge in [-0.1, -0.05) is 12.1 Å². The van der Waals surface area contributed by atoms with Gasteiger partial charge >= 0.3 is 6.09 Å². The van der Waals surface area contributed by atoms with Crippen LogP contribution in [-0.4, -0.2) is 12.7 Å². The van der Waals surface area contributed by atoms with Crippen molar-refractivity contribution < 1.29 is 13.9 Å². The van der Waals surface area contributed by atoms with Crippen LogP contribution in [0, 0.1) is 5.82 Å². The van der Waals surface area contributed by atoms with Crippen LogP contribution in [0.1, 0.15) is 12.5 Å². The van der Waals surface area contributed by atoms with Gasteiger partial charge in [-0.05, 0) is 42.8 Å². The van der Waals surface area contributed by atoms with E-state index in [1.54, 1.807) is 37.3 Å². The van der Waals surface area contributed by atoms with E-state index in [0.29, 0.717) is 24.5 Å². The highest BCUT2D eigenvalue weighted by atomic mass is 35.5. The third kappa shape index (κ3) is 5.67. The Morgan fingerprint density at radius 1 is 1.22 bits per heavy atom. The highest BCUT2D eigenvalue weighted by Crippen LogP contribution is 2.23. The monoisotopic (exact) mass is 339 g/mol. The van der Waals surface area contributed by atoms with Gasteiger partial charge in [0, 0.05) is 12.2 Å². The van der Waals surface area contributed by atoms with Crippen LogP contribution in [0.5, 0.6) is 0 Å². The number of nitrogen functional groups attached to an aromatic ring is 1. The molecule has 0 aliphatic carbocycles. The van der Waals surface area contributed by atoms with Gasteiger partial charge in [-0.15, -0.1) is 12.4 Å². The van der Waals surface area contributed by atoms with E-state index < -0.39 is 6.09 Å². The molecule has 0 bridgehead atoms. The van der Waals surface area contributed by atoms with Gasteiger partial charge < -0.3 is 15.8 Å². The second kappa shape index (κ2) is 8.85. The van der Waals surface area contributed by atoms with Crippen LogP contribution in [0.2, 0.25) is 0 Å². The van der Waals surface area contributed by atoms with Gasteiger partial charge in [-0.3, -0.25) is 5.32 Å². The van der Waals surface area contributed by atoms with E-state index in [4.69, 9.17) is 10.5 Å². The second-order valence-corrected chi connectivity index (χ2v) is 4.63. The summed E-state index contributed by atoms with van der Waals surface area (Å²) in [6.07, 6.45) is -0.541. The van der Waals surface area contributed by atoms with Gasteiger partial charge in [0.15, 0.2) is 0 Å². The topological polar surface area (TPSA) is 76.4 Å². The Hall–Kier alpha value is -2.47. The van der Waals surface area contributed by atoms with Crippen molar-refractivity contribution in [2.45, 2.75) is 13.5 Å². The normalized spacial score (nSPS) is 9.65. The van der Waals surface area contributed by atoms with Crippen LogP contribution in [0.15, 0.2) is 42.5 Å². The molecule has 0 heterocycles. The van der Waals surface area contributed by atoms with Crippen molar-refractivity contribution in [3.8, 4) is 0 Å². The highest BCUT2D eigenvalue weighted by molar-refractivity contribution is 5.89. The van der Waals surface area contributed by atoms with E-state index in [9.17, 15) is 9.18 Å². The number of ether oxygens (including phenoxy) is 1. The summed E-state index contributed by atoms with van der Waals surface area (Å²) >= 11 is 0. The molecule has 4 N–H and O–H groups in total. The van der Waals surface area contributed by atoms with Crippen molar-refractivity contribution in [1.29, 1.82) is 0 Å². The molecule has 0 aromatic heterocycles. The Balaban J connectivity index is 0.00000264. The first-order valence-corrected chi connectivity index (χ1v) is 6.90. The van der Waals surface area contributed by atoms with Crippen molar-refractivity contribution in [3.05, 3.63) is 53.8 Å². The Kier molecular flexibility index (Phi) is 7.15. The van der Waals surface area contributed by atoms with Crippen molar-refractivity contribution >= 4 is 35.6 Å². The van der Waals surface area contributed by atoms with Gasteiger partial charge in [0.25, 0.3) is 0 Å². The molecule has 0 spiro atoms. The first-order chi connectivity index (χ1) is 10.6. The summed E-state index contributed by atoms with van der Waals surface area (Å²) in [6.45, 7) is 2.57. The van der Waals surface area contributed by atoms with Crippen LogP contribution >= 0.6 is 12.4 Å². The Morgan fingerprint density at radius 3 is 2.52 bits per heavy atom. The molecule has 124 valence electrons. The largest absolute Gasteiger partial charge is 0.450 e. The molecule has 0 radical (unpaired) electrons. The summed E-state index contributed by atoms with van der Waals surface area (Å²) < 4.78 is 17.6. The summed E-state index contributed by atoms with van der Waals surface area (Å²) in [5.74, 6) is -0.262. The molecule has 0 fully saturated rings. The molecular formula is C16H19ClFN3O2. The molecule has 5 nitrogen and oxygen atoms in total. The van der Waals surface area contributed by atoms with E-state index in [-0.39, 0.29) is 18.2 Å². The van der Waals surface area contributed by atoms with E-state index in [2.05, 4.69) is 10.6 Å². The number of amides is 1. The van der Waals surface area contributed by atoms with Crippen molar-refractivity contribution in [1.82, 2.24) is 0 Å². The summed E-state index contributed by atoms with van der Waals surface area (Å²) in [5, 5.41) is 5.74. The second-order valence-electron chi connectivity index (χ2n) is 4.63. The fourth-order valence-electron chi connectivity index (χ4n) is 1.87. The predicted octanol–water partition coefficient (Wildman–Crippen LogP) is 4.01. The summed E-state index contributed by atoms with van der Waals surface area (Å²) in [7, 11) is 0. The fourth-order valence-corrected chi connectivity index (χ4v) is 1.87. The molecule has 2 rings (SSSR count). The zero-order valence-corrected chi connectivity index (χ0v) is 13.5. The lowest BCUT2D eigenvalue weighted by Gasteiger charge is -2.11. The summed E-state index contributed by atoms with van der Waals surface area (Å²) in [4.78, 5) is 11.4. The van der Waals surface area contributed by atoms with Gasteiger partial charge in [-0.2, -0.15) is 0 Å². The SMILES string of the molecule is CCOC(=O)Nc1ccc(NCc2ccc(F)cc2)cc1N.Cl. The van der Waals surface area contributed by atoms with E-state index >= 15 is 0 Å². The average molecular weight is 340 g/mol. The lowest BCUT2D eigenvalue weighted by molar-refractivity contribution is 0.168. The van der Waals surface area contributed by atoms with Gasteiger partial charge in [0.05, 0.1) is 18.0 Å². The van der Waals surface area contributed by atoms with E-state index in [1.165, 1.54) is 12.1 Å². The molecule has 1 amide bonds. The van der Waals surface area contributed by atoms with Crippen LogP contribution in [-0.2, 0) is 11.3 Å². The van der Waals surface area contributed by atoms with Crippen LogP contribution < -0.4 is 16.4 Å². The number of nitrogens with two attached hydrogens (primary N) is 1. The van der Waals surface area contributed by atoms with E-state index in [0.717, 1.165) is 11.3 Å². The van der Waals surface area contributed by atoms with Crippen LogP contribution in [0.25, 0.3) is 0 Å². The third-order valence-electron chi connectivity index (χ3n) is 2.97. The molecule has 0 saturated heterocycles. The Bertz CT molecular complexity index is 650. The number of anilines is 3. The summed E-state index contributed by atoms with van der Waals surface area (Å²) in [5.41, 5.74) is 8.57. The Morgan fingerprint density at radius 2 is 1.91 bits per heavy atom. The zero-order valence-electron chi connectivity index (χ0n) is 12.6. The first-order valence-electron chi connectivity index (χ1n) is 6.90. The van der Waals surface area contributed by atoms with Crippen LogP contribution in [0.4, 0.5) is 26.2 Å². The minimum Gasteiger partial charge on any atom is -0.450 e. The number of hydrogen-bond donors (Lipinski definition) is 3. The fraction of sp³-hybridized carbons (Fsp3) is 0.188. The van der Waals surface area contributed by atoms with E-state index in [1.807, 2.05) is 0 Å². The number of carbonyl (C=O) groups excluding carboxylic acids is 1. The molecule has 0 atom stereocenters. The number of carbonyl (C=O) groups is 1. The van der Waals surface area contributed by atoms with Crippen molar-refractivity contribution in [2.24, 2.45) is 0 Å². The molecule has 2 aromatic carbocycles. The zero-order chi connectivity index (χ0) is 15.9. The first kappa shape index (κ1) is 18.6. The minimum absolute atomic E-state index is 0. The molecular weight excluding hydrogens is 321 g/mol. The number of benzene rings is 2. The number of nitrogens with one attached hydrogen (secondary N) is 2. The van der Waals surface area contributed by atoms with Gasteiger partial charge in [0.2, 0.25) is 0 Å². The highest BCUT2D eigenvalue weighted by Gasteiger charge is 2.06. The third-order valence-corrected chi connectivity index (χ3v) is 2.97. The number of halogens is 2. The lowest BCUT2D eigenvalue weighted by atomic mass is 10.2. The predicted molar refractivity (Wildman–Crippen MR) is 92.5 cm³/mol. The quantitative estimate of drug-likeness (QED) is 0.719. The molecule has 0 aliphatic rings. The lowest BCUT2D eigenvalue weighted by Crippen LogP contribution is -2.14. The number of hydrogen-bond acceptors (Lipinski definition) is 4. The molecule has 0 saturated carbocycles. The van der Waals surface area contributed by atoms with Crippen molar-refractivity contribution in [2.75, 3.05) is 23.0 Å².